The molecule has 76 valence electrons. The molecule has 0 amide bonds. The van der Waals surface area contributed by atoms with Gasteiger partial charge in [-0.3, -0.25) is 0 Å². The molecule has 1 aromatic rings. The van der Waals surface area contributed by atoms with E-state index in [4.69, 9.17) is 4.74 Å². The standard InChI is InChI=1S/C11H14BrNO/c1-13-11(6-7-11)8-4-3-5-9(12)10(8)14-2/h3-5,13H,6-7H2,1-2H3. The molecule has 0 aliphatic heterocycles. The summed E-state index contributed by atoms with van der Waals surface area (Å²) in [6.45, 7) is 0. The molecule has 14 heavy (non-hydrogen) atoms. The van der Waals surface area contributed by atoms with Crippen molar-refractivity contribution < 1.29 is 4.74 Å². The van der Waals surface area contributed by atoms with E-state index in [2.05, 4.69) is 33.4 Å². The van der Waals surface area contributed by atoms with Gasteiger partial charge in [-0.05, 0) is 41.9 Å². The van der Waals surface area contributed by atoms with E-state index in [9.17, 15) is 0 Å². The Labute approximate surface area is 92.8 Å². The van der Waals surface area contributed by atoms with E-state index >= 15 is 0 Å². The Morgan fingerprint density at radius 1 is 1.43 bits per heavy atom. The van der Waals surface area contributed by atoms with Crippen molar-refractivity contribution in [1.29, 1.82) is 0 Å². The first-order chi connectivity index (χ1) is 6.73. The summed E-state index contributed by atoms with van der Waals surface area (Å²) in [5.74, 6) is 0.958. The van der Waals surface area contributed by atoms with Crippen molar-refractivity contribution in [3.63, 3.8) is 0 Å². The molecule has 1 aromatic carbocycles. The molecule has 0 saturated heterocycles. The summed E-state index contributed by atoms with van der Waals surface area (Å²) in [5, 5.41) is 3.37. The van der Waals surface area contributed by atoms with E-state index in [0.717, 1.165) is 10.2 Å². The monoisotopic (exact) mass is 255 g/mol. The van der Waals surface area contributed by atoms with Crippen LogP contribution in [0, 0.1) is 0 Å². The number of hydrogen-bond acceptors (Lipinski definition) is 2. The summed E-state index contributed by atoms with van der Waals surface area (Å²) in [7, 11) is 3.72. The molecule has 1 fully saturated rings. The van der Waals surface area contributed by atoms with Crippen LogP contribution in [0.1, 0.15) is 18.4 Å². The molecule has 1 N–H and O–H groups in total. The Kier molecular flexibility index (Phi) is 2.54. The van der Waals surface area contributed by atoms with Crippen LogP contribution in [0.25, 0.3) is 0 Å². The van der Waals surface area contributed by atoms with Crippen molar-refractivity contribution in [2.75, 3.05) is 14.2 Å². The summed E-state index contributed by atoms with van der Waals surface area (Å²) in [4.78, 5) is 0. The molecule has 0 radical (unpaired) electrons. The second kappa shape index (κ2) is 3.55. The molecular formula is C11H14BrNO. The number of methoxy groups -OCH3 is 1. The summed E-state index contributed by atoms with van der Waals surface area (Å²) in [6.07, 6.45) is 2.38. The van der Waals surface area contributed by atoms with Gasteiger partial charge in [0.15, 0.2) is 0 Å². The molecule has 1 aliphatic carbocycles. The summed E-state index contributed by atoms with van der Waals surface area (Å²) in [5.41, 5.74) is 1.42. The zero-order valence-corrected chi connectivity index (χ0v) is 10.0. The van der Waals surface area contributed by atoms with Gasteiger partial charge in [0.1, 0.15) is 5.75 Å². The Morgan fingerprint density at radius 2 is 2.14 bits per heavy atom. The van der Waals surface area contributed by atoms with Crippen LogP contribution in [0.3, 0.4) is 0 Å². The van der Waals surface area contributed by atoms with Crippen LogP contribution in [-0.4, -0.2) is 14.2 Å². The predicted octanol–water partition coefficient (Wildman–Crippen LogP) is 2.67. The van der Waals surface area contributed by atoms with Gasteiger partial charge in [0.2, 0.25) is 0 Å². The Bertz CT molecular complexity index is 347. The molecule has 3 heteroatoms. The Morgan fingerprint density at radius 3 is 2.64 bits per heavy atom. The molecule has 0 bridgehead atoms. The largest absolute Gasteiger partial charge is 0.495 e. The van der Waals surface area contributed by atoms with Crippen molar-refractivity contribution >= 4 is 15.9 Å². The maximum Gasteiger partial charge on any atom is 0.138 e. The van der Waals surface area contributed by atoms with Crippen molar-refractivity contribution in [2.24, 2.45) is 0 Å². The normalized spacial score (nSPS) is 17.9. The first-order valence-electron chi connectivity index (χ1n) is 4.75. The van der Waals surface area contributed by atoms with E-state index in [1.807, 2.05) is 13.1 Å². The number of benzene rings is 1. The van der Waals surface area contributed by atoms with E-state index in [1.54, 1.807) is 7.11 Å². The van der Waals surface area contributed by atoms with E-state index in [1.165, 1.54) is 18.4 Å². The van der Waals surface area contributed by atoms with Crippen LogP contribution in [-0.2, 0) is 5.54 Å². The lowest BCUT2D eigenvalue weighted by Gasteiger charge is -2.18. The highest BCUT2D eigenvalue weighted by molar-refractivity contribution is 9.10. The lowest BCUT2D eigenvalue weighted by Crippen LogP contribution is -2.25. The Hall–Kier alpha value is -0.540. The molecule has 0 aromatic heterocycles. The van der Waals surface area contributed by atoms with Crippen LogP contribution in [0.15, 0.2) is 22.7 Å². The van der Waals surface area contributed by atoms with Crippen LogP contribution >= 0.6 is 15.9 Å². The zero-order valence-electron chi connectivity index (χ0n) is 8.43. The second-order valence-corrected chi connectivity index (χ2v) is 4.51. The Balaban J connectivity index is 2.47. The van der Waals surface area contributed by atoms with E-state index in [-0.39, 0.29) is 5.54 Å². The number of halogens is 1. The zero-order chi connectivity index (χ0) is 10.2. The lowest BCUT2D eigenvalue weighted by molar-refractivity contribution is 0.396. The second-order valence-electron chi connectivity index (χ2n) is 3.65. The highest BCUT2D eigenvalue weighted by Crippen LogP contribution is 2.50. The van der Waals surface area contributed by atoms with Gasteiger partial charge < -0.3 is 10.1 Å². The van der Waals surface area contributed by atoms with Crippen molar-refractivity contribution in [3.8, 4) is 5.75 Å². The van der Waals surface area contributed by atoms with Gasteiger partial charge in [0, 0.05) is 11.1 Å². The molecule has 0 unspecified atom stereocenters. The number of ether oxygens (including phenoxy) is 1. The first kappa shape index (κ1) is 9.99. The third-order valence-corrected chi connectivity index (χ3v) is 3.54. The first-order valence-corrected chi connectivity index (χ1v) is 5.55. The SMILES string of the molecule is CNC1(c2cccc(Br)c2OC)CC1. The van der Waals surface area contributed by atoms with Crippen molar-refractivity contribution in [3.05, 3.63) is 28.2 Å². The number of para-hydroxylation sites is 1. The minimum atomic E-state index is 0.162. The van der Waals surface area contributed by atoms with Crippen molar-refractivity contribution in [2.45, 2.75) is 18.4 Å². The molecule has 1 saturated carbocycles. The quantitative estimate of drug-likeness (QED) is 0.897. The fourth-order valence-electron chi connectivity index (χ4n) is 1.87. The van der Waals surface area contributed by atoms with Crippen LogP contribution in [0.4, 0.5) is 0 Å². The molecule has 0 spiro atoms. The van der Waals surface area contributed by atoms with Crippen LogP contribution in [0.5, 0.6) is 5.75 Å². The van der Waals surface area contributed by atoms with Gasteiger partial charge in [-0.25, -0.2) is 0 Å². The molecular weight excluding hydrogens is 242 g/mol. The highest BCUT2D eigenvalue weighted by Gasteiger charge is 2.44. The van der Waals surface area contributed by atoms with E-state index < -0.39 is 0 Å². The van der Waals surface area contributed by atoms with Gasteiger partial charge in [-0.2, -0.15) is 0 Å². The summed E-state index contributed by atoms with van der Waals surface area (Å²) < 4.78 is 6.44. The molecule has 0 atom stereocenters. The van der Waals surface area contributed by atoms with Gasteiger partial charge in [-0.15, -0.1) is 0 Å². The lowest BCUT2D eigenvalue weighted by atomic mass is 10.0. The summed E-state index contributed by atoms with van der Waals surface area (Å²) in [6, 6.07) is 6.19. The smallest absolute Gasteiger partial charge is 0.138 e. The maximum atomic E-state index is 5.42. The topological polar surface area (TPSA) is 21.3 Å². The van der Waals surface area contributed by atoms with E-state index in [0.29, 0.717) is 0 Å². The predicted molar refractivity (Wildman–Crippen MR) is 60.7 cm³/mol. The molecule has 0 heterocycles. The average molecular weight is 256 g/mol. The number of hydrogen-bond donors (Lipinski definition) is 1. The maximum absolute atomic E-state index is 5.42. The molecule has 2 nitrogen and oxygen atoms in total. The summed E-state index contributed by atoms with van der Waals surface area (Å²) >= 11 is 3.50. The fourth-order valence-corrected chi connectivity index (χ4v) is 2.40. The van der Waals surface area contributed by atoms with Gasteiger partial charge in [0.25, 0.3) is 0 Å². The minimum Gasteiger partial charge on any atom is -0.495 e. The fraction of sp³-hybridized carbons (Fsp3) is 0.455. The number of nitrogens with one attached hydrogen (secondary N) is 1. The van der Waals surface area contributed by atoms with Gasteiger partial charge >= 0.3 is 0 Å². The highest BCUT2D eigenvalue weighted by atomic mass is 79.9. The van der Waals surface area contributed by atoms with Gasteiger partial charge in [-0.1, -0.05) is 12.1 Å². The average Bonchev–Trinajstić information content (AvgIpc) is 2.98. The number of rotatable bonds is 3. The van der Waals surface area contributed by atoms with Crippen molar-refractivity contribution in [1.82, 2.24) is 5.32 Å². The minimum absolute atomic E-state index is 0.162. The molecule has 1 aliphatic rings. The third kappa shape index (κ3) is 1.44. The van der Waals surface area contributed by atoms with Gasteiger partial charge in [0.05, 0.1) is 11.6 Å². The molecule has 2 rings (SSSR count). The van der Waals surface area contributed by atoms with Crippen LogP contribution in [0.2, 0.25) is 0 Å². The third-order valence-electron chi connectivity index (χ3n) is 2.92. The van der Waals surface area contributed by atoms with Crippen LogP contribution < -0.4 is 10.1 Å².